The molecule has 0 aliphatic carbocycles. The van der Waals surface area contributed by atoms with Gasteiger partial charge in [-0.15, -0.1) is 11.8 Å². The number of β-lactam (4-membered cyclic amide) rings is 1. The summed E-state index contributed by atoms with van der Waals surface area (Å²) >= 11 is 1.46. The lowest BCUT2D eigenvalue weighted by atomic mass is 9.79. The van der Waals surface area contributed by atoms with Crippen molar-refractivity contribution in [3.05, 3.63) is 10.6 Å². The molecule has 0 unspecified atom stereocenters. The van der Waals surface area contributed by atoms with E-state index in [-0.39, 0.29) is 40.6 Å². The number of aliphatic carboxylic acids is 1. The highest BCUT2D eigenvalue weighted by molar-refractivity contribution is 8.03. The number of carbonyl (C=O) groups excluding carboxylic acids is 2. The number of likely N-dealkylation sites (N-methyl/N-ethyl adjacent to an activating group) is 1. The van der Waals surface area contributed by atoms with Gasteiger partial charge in [-0.3, -0.25) is 9.59 Å². The van der Waals surface area contributed by atoms with E-state index in [0.717, 1.165) is 0 Å². The molecule has 2 saturated heterocycles. The molecule has 3 rings (SSSR count). The van der Waals surface area contributed by atoms with Gasteiger partial charge in [0.1, 0.15) is 5.70 Å². The van der Waals surface area contributed by atoms with Crippen LogP contribution in [0.3, 0.4) is 0 Å². The van der Waals surface area contributed by atoms with Crippen molar-refractivity contribution < 1.29 is 24.6 Å². The van der Waals surface area contributed by atoms with Gasteiger partial charge >= 0.3 is 5.97 Å². The summed E-state index contributed by atoms with van der Waals surface area (Å²) in [5.41, 5.74) is 0.0440. The molecule has 0 aromatic carbocycles. The molecule has 8 nitrogen and oxygen atoms in total. The third-order valence-corrected chi connectivity index (χ3v) is 7.07. The molecule has 0 aromatic heterocycles. The van der Waals surface area contributed by atoms with E-state index in [2.05, 4.69) is 5.32 Å². The maximum absolute atomic E-state index is 12.4. The molecule has 0 aromatic rings. The Labute approximate surface area is 163 Å². The monoisotopic (exact) mass is 397 g/mol. The van der Waals surface area contributed by atoms with E-state index in [0.29, 0.717) is 24.4 Å². The number of rotatable bonds is 7. The molecule has 9 heteroatoms. The Morgan fingerprint density at radius 1 is 1.41 bits per heavy atom. The normalized spacial score (nSPS) is 34.1. The minimum absolute atomic E-state index is 0.0440. The summed E-state index contributed by atoms with van der Waals surface area (Å²) in [6.07, 6.45) is -0.166. The molecule has 3 heterocycles. The van der Waals surface area contributed by atoms with Crippen LogP contribution in [0.2, 0.25) is 0 Å². The van der Waals surface area contributed by atoms with Crippen molar-refractivity contribution in [2.24, 2.45) is 11.8 Å². The van der Waals surface area contributed by atoms with Crippen molar-refractivity contribution in [3.8, 4) is 0 Å². The van der Waals surface area contributed by atoms with Gasteiger partial charge < -0.3 is 25.3 Å². The average Bonchev–Trinajstić information content (AvgIpc) is 3.10. The van der Waals surface area contributed by atoms with Crippen molar-refractivity contribution in [2.75, 3.05) is 27.2 Å². The SMILES string of the molecule is C[C@@H](O)[C@H]1C(=O)N2C(C(=O)O)=C(S[C@@H]3CN[C@H](C(=O)CN(C)C)C3)[C@H](C)[C@H]12. The average molecular weight is 397 g/mol. The smallest absolute Gasteiger partial charge is 0.353 e. The van der Waals surface area contributed by atoms with Gasteiger partial charge in [-0.25, -0.2) is 4.79 Å². The Morgan fingerprint density at radius 3 is 2.63 bits per heavy atom. The molecule has 0 bridgehead atoms. The van der Waals surface area contributed by atoms with Crippen molar-refractivity contribution >= 4 is 29.4 Å². The molecule has 1 amide bonds. The molecule has 0 spiro atoms. The molecule has 3 aliphatic rings. The topological polar surface area (TPSA) is 110 Å². The van der Waals surface area contributed by atoms with Gasteiger partial charge in [0.25, 0.3) is 0 Å². The predicted octanol–water partition coefficient (Wildman–Crippen LogP) is -0.265. The van der Waals surface area contributed by atoms with Crippen molar-refractivity contribution in [2.45, 2.75) is 43.7 Å². The second-order valence-electron chi connectivity index (χ2n) is 7.91. The number of fused-ring (bicyclic) bond motifs is 1. The number of ketones is 1. The number of hydrogen-bond donors (Lipinski definition) is 3. The van der Waals surface area contributed by atoms with E-state index in [1.54, 1.807) is 6.92 Å². The number of aliphatic hydroxyl groups is 1. The van der Waals surface area contributed by atoms with Gasteiger partial charge in [0.2, 0.25) is 5.91 Å². The van der Waals surface area contributed by atoms with E-state index in [4.69, 9.17) is 0 Å². The van der Waals surface area contributed by atoms with Crippen LogP contribution in [0.5, 0.6) is 0 Å². The molecule has 6 atom stereocenters. The number of amides is 1. The van der Waals surface area contributed by atoms with Gasteiger partial charge in [-0.05, 0) is 27.4 Å². The first kappa shape index (κ1) is 20.3. The van der Waals surface area contributed by atoms with E-state index in [1.165, 1.54) is 16.7 Å². The molecular weight excluding hydrogens is 370 g/mol. The minimum Gasteiger partial charge on any atom is -0.477 e. The molecule has 3 aliphatic heterocycles. The highest BCUT2D eigenvalue weighted by Gasteiger charge is 2.60. The number of nitrogens with zero attached hydrogens (tertiary/aromatic N) is 2. The summed E-state index contributed by atoms with van der Waals surface area (Å²) < 4.78 is 0. The summed E-state index contributed by atoms with van der Waals surface area (Å²) in [6.45, 7) is 4.47. The first-order valence-electron chi connectivity index (χ1n) is 9.19. The number of nitrogens with one attached hydrogen (secondary N) is 1. The lowest BCUT2D eigenvalue weighted by Gasteiger charge is -2.46. The Balaban J connectivity index is 1.74. The van der Waals surface area contributed by atoms with Crippen molar-refractivity contribution in [1.29, 1.82) is 0 Å². The van der Waals surface area contributed by atoms with Crippen LogP contribution in [0.15, 0.2) is 10.6 Å². The zero-order valence-electron chi connectivity index (χ0n) is 16.0. The van der Waals surface area contributed by atoms with E-state index in [1.807, 2.05) is 25.9 Å². The number of thioether (sulfide) groups is 1. The minimum atomic E-state index is -1.12. The van der Waals surface area contributed by atoms with E-state index < -0.39 is 18.0 Å². The number of carbonyl (C=O) groups is 3. The number of carboxylic acids is 1. The summed E-state index contributed by atoms with van der Waals surface area (Å²) in [7, 11) is 3.70. The lowest BCUT2D eigenvalue weighted by molar-refractivity contribution is -0.163. The Hall–Kier alpha value is -1.42. The first-order valence-corrected chi connectivity index (χ1v) is 10.1. The number of hydrogen-bond acceptors (Lipinski definition) is 7. The Bertz CT molecular complexity index is 692. The lowest BCUT2D eigenvalue weighted by Crippen LogP contribution is -2.63. The van der Waals surface area contributed by atoms with Gasteiger partial charge in [-0.2, -0.15) is 0 Å². The van der Waals surface area contributed by atoms with Crippen LogP contribution in [0.4, 0.5) is 0 Å². The zero-order chi connectivity index (χ0) is 20.0. The van der Waals surface area contributed by atoms with E-state index >= 15 is 0 Å². The van der Waals surface area contributed by atoms with Crippen molar-refractivity contribution in [1.82, 2.24) is 15.1 Å². The molecule has 0 saturated carbocycles. The maximum atomic E-state index is 12.4. The van der Waals surface area contributed by atoms with Crippen LogP contribution in [0, 0.1) is 11.8 Å². The summed E-state index contributed by atoms with van der Waals surface area (Å²) in [5.74, 6) is -2.00. The van der Waals surface area contributed by atoms with E-state index in [9.17, 15) is 24.6 Å². The predicted molar refractivity (Wildman–Crippen MR) is 101 cm³/mol. The standard InChI is InChI=1S/C18H27N3O5S/c1-8-14-13(9(2)22)17(24)21(14)15(18(25)26)16(8)27-10-5-11(19-6-10)12(23)7-20(3)4/h8-11,13-14,19,22H,5-7H2,1-4H3,(H,25,26)/t8-,9-,10+,11+,13-,14-/m1/s1. The summed E-state index contributed by atoms with van der Waals surface area (Å²) in [5, 5.41) is 22.9. The number of aliphatic hydroxyl groups excluding tert-OH is 1. The van der Waals surface area contributed by atoms with Gasteiger partial charge in [0.15, 0.2) is 5.78 Å². The molecule has 27 heavy (non-hydrogen) atoms. The van der Waals surface area contributed by atoms with Crippen LogP contribution in [-0.4, -0.2) is 88.3 Å². The summed E-state index contributed by atoms with van der Waals surface area (Å²) in [6, 6.07) is -0.522. The Morgan fingerprint density at radius 2 is 2.07 bits per heavy atom. The second kappa shape index (κ2) is 7.54. The fourth-order valence-corrected chi connectivity index (χ4v) is 5.80. The van der Waals surface area contributed by atoms with Crippen LogP contribution in [-0.2, 0) is 14.4 Å². The third-order valence-electron chi connectivity index (χ3n) is 5.56. The first-order chi connectivity index (χ1) is 12.6. The number of carboxylic acid groups (broad SMARTS) is 1. The quantitative estimate of drug-likeness (QED) is 0.504. The highest BCUT2D eigenvalue weighted by Crippen LogP contribution is 2.51. The summed E-state index contributed by atoms with van der Waals surface area (Å²) in [4.78, 5) is 40.3. The largest absolute Gasteiger partial charge is 0.477 e. The zero-order valence-corrected chi connectivity index (χ0v) is 16.8. The van der Waals surface area contributed by atoms with Gasteiger partial charge in [0, 0.05) is 22.6 Å². The fraction of sp³-hybridized carbons (Fsp3) is 0.722. The van der Waals surface area contributed by atoms with Gasteiger partial charge in [-0.1, -0.05) is 6.92 Å². The van der Waals surface area contributed by atoms with Crippen LogP contribution in [0.1, 0.15) is 20.3 Å². The molecule has 3 N–H and O–H groups in total. The van der Waals surface area contributed by atoms with Crippen LogP contribution < -0.4 is 5.32 Å². The third kappa shape index (κ3) is 3.53. The van der Waals surface area contributed by atoms with Crippen LogP contribution in [0.25, 0.3) is 0 Å². The fourth-order valence-electron chi connectivity index (χ4n) is 4.32. The molecule has 0 radical (unpaired) electrons. The highest BCUT2D eigenvalue weighted by atomic mass is 32.2. The second-order valence-corrected chi connectivity index (χ2v) is 9.25. The van der Waals surface area contributed by atoms with Gasteiger partial charge in [0.05, 0.1) is 30.7 Å². The molecular formula is C18H27N3O5S. The van der Waals surface area contributed by atoms with Crippen molar-refractivity contribution in [3.63, 3.8) is 0 Å². The number of Topliss-reactive ketones (excluding diaryl/α,β-unsaturated/α-hetero) is 1. The molecule has 2 fully saturated rings. The molecule has 150 valence electrons. The van der Waals surface area contributed by atoms with Crippen LogP contribution >= 0.6 is 11.8 Å². The maximum Gasteiger partial charge on any atom is 0.353 e. The Kier molecular flexibility index (Phi) is 5.67.